The molecule has 1 unspecified atom stereocenters. The number of carbonyl (C=O) groups excluding carboxylic acids is 2. The molecule has 0 aliphatic heterocycles. The number of hydrogen-bond acceptors (Lipinski definition) is 11. The van der Waals surface area contributed by atoms with E-state index in [1.165, 1.54) is 10.7 Å². The second-order valence-electron chi connectivity index (χ2n) is 9.94. The van der Waals surface area contributed by atoms with Crippen LogP contribution in [-0.4, -0.2) is 37.4 Å². The number of rotatable bonds is 7. The molecule has 15 nitrogen and oxygen atoms in total. The van der Waals surface area contributed by atoms with E-state index >= 15 is 0 Å². The van der Waals surface area contributed by atoms with Gasteiger partial charge in [-0.15, -0.1) is 0 Å². The molecule has 1 atom stereocenters. The third kappa shape index (κ3) is 4.82. The zero-order valence-corrected chi connectivity index (χ0v) is 22.5. The highest BCUT2D eigenvalue weighted by Crippen LogP contribution is 2.32. The summed E-state index contributed by atoms with van der Waals surface area (Å²) in [5.74, 6) is 10.2. The lowest BCUT2D eigenvalue weighted by Crippen LogP contribution is -2.38. The molecule has 216 valence electrons. The molecule has 0 saturated carbocycles. The predicted molar refractivity (Wildman–Crippen MR) is 157 cm³/mol. The van der Waals surface area contributed by atoms with Crippen LogP contribution in [0.4, 0.5) is 5.69 Å². The lowest BCUT2D eigenvalue weighted by molar-refractivity contribution is 0.0931. The van der Waals surface area contributed by atoms with E-state index < -0.39 is 22.7 Å². The van der Waals surface area contributed by atoms with Crippen molar-refractivity contribution in [2.75, 3.05) is 5.73 Å². The number of fused-ring (bicyclic) bond motifs is 2. The first kappa shape index (κ1) is 27.2. The summed E-state index contributed by atoms with van der Waals surface area (Å²) in [6.45, 7) is 0.115. The Balaban J connectivity index is 1.13. The van der Waals surface area contributed by atoms with Crippen molar-refractivity contribution in [3.63, 3.8) is 0 Å². The second-order valence-corrected chi connectivity index (χ2v) is 9.94. The summed E-state index contributed by atoms with van der Waals surface area (Å²) in [5.41, 5.74) is 10.7. The fraction of sp³-hybridized carbons (Fsp3) is 0.143. The lowest BCUT2D eigenvalue weighted by Gasteiger charge is -2.15. The molecule has 0 spiro atoms. The lowest BCUT2D eigenvalue weighted by atomic mass is 10.0. The number of nitrogens with two attached hydrogens (primary N) is 3. The van der Waals surface area contributed by atoms with E-state index in [0.717, 1.165) is 34.8 Å². The Morgan fingerprint density at radius 2 is 1.81 bits per heavy atom. The van der Waals surface area contributed by atoms with E-state index in [1.807, 2.05) is 18.2 Å². The van der Waals surface area contributed by atoms with Crippen LogP contribution in [0.3, 0.4) is 0 Å². The minimum absolute atomic E-state index is 0.0159. The molecule has 1 aliphatic carbocycles. The van der Waals surface area contributed by atoms with Gasteiger partial charge in [0.2, 0.25) is 0 Å². The summed E-state index contributed by atoms with van der Waals surface area (Å²) in [6, 6.07) is 12.0. The number of anilines is 1. The zero-order valence-electron chi connectivity index (χ0n) is 22.5. The molecule has 43 heavy (non-hydrogen) atoms. The van der Waals surface area contributed by atoms with Crippen molar-refractivity contribution in [1.29, 1.82) is 0 Å². The Morgan fingerprint density at radius 3 is 2.56 bits per heavy atom. The molecular weight excluding hydrogens is 554 g/mol. The third-order valence-corrected chi connectivity index (χ3v) is 7.42. The maximum Gasteiger partial charge on any atom is 0.270 e. The first-order chi connectivity index (χ1) is 20.8. The van der Waals surface area contributed by atoms with Crippen LogP contribution in [0.5, 0.6) is 0 Å². The van der Waals surface area contributed by atoms with Gasteiger partial charge in [-0.05, 0) is 41.7 Å². The van der Waals surface area contributed by atoms with Gasteiger partial charge < -0.3 is 27.6 Å². The summed E-state index contributed by atoms with van der Waals surface area (Å²) in [6.07, 6.45) is 4.13. The summed E-state index contributed by atoms with van der Waals surface area (Å²) in [4.78, 5) is 57.6. The molecule has 15 heteroatoms. The number of hydrogen-bond donors (Lipinski definition) is 6. The molecule has 2 amide bonds. The van der Waals surface area contributed by atoms with Gasteiger partial charge in [-0.25, -0.2) is 20.5 Å². The number of benzene rings is 2. The first-order valence-electron chi connectivity index (χ1n) is 13.1. The van der Waals surface area contributed by atoms with Gasteiger partial charge in [-0.3, -0.25) is 19.2 Å². The highest BCUT2D eigenvalue weighted by Gasteiger charge is 2.26. The molecule has 1 aliphatic rings. The number of nitrogen functional groups attached to an aromatic ring is 1. The monoisotopic (exact) mass is 579 g/mol. The molecule has 0 fully saturated rings. The van der Waals surface area contributed by atoms with Crippen LogP contribution >= 0.6 is 0 Å². The van der Waals surface area contributed by atoms with Gasteiger partial charge in [0, 0.05) is 23.6 Å². The summed E-state index contributed by atoms with van der Waals surface area (Å²) >= 11 is 0. The first-order valence-corrected chi connectivity index (χ1v) is 13.1. The Hall–Kier alpha value is -5.96. The Bertz CT molecular complexity index is 2020. The molecule has 2 heterocycles. The SMILES string of the molecule is N/N=C(\NN)c1ccc2c(c1)CCC2NC(=O)c1cc(C(=O)NCc2ccc3cnn(-c4c(N)c(=O)c4=O)c3c2)ncn1. The molecule has 0 saturated heterocycles. The molecule has 3 aromatic carbocycles. The number of carbonyl (C=O) groups is 2. The van der Waals surface area contributed by atoms with Gasteiger partial charge >= 0.3 is 0 Å². The molecule has 6 rings (SSSR count). The minimum atomic E-state index is -0.737. The quantitative estimate of drug-likeness (QED) is 0.0469. The predicted octanol–water partition coefficient (Wildman–Crippen LogP) is -0.575. The number of aromatic nitrogens is 4. The Kier molecular flexibility index (Phi) is 6.83. The van der Waals surface area contributed by atoms with Gasteiger partial charge in [0.05, 0.1) is 17.8 Å². The van der Waals surface area contributed by atoms with Crippen LogP contribution in [0, 0.1) is 0 Å². The van der Waals surface area contributed by atoms with Gasteiger partial charge in [-0.1, -0.05) is 24.3 Å². The summed E-state index contributed by atoms with van der Waals surface area (Å²) in [5, 5.41) is 14.3. The Labute approximate surface area is 242 Å². The van der Waals surface area contributed by atoms with Gasteiger partial charge in [0.15, 0.2) is 5.84 Å². The van der Waals surface area contributed by atoms with Crippen molar-refractivity contribution in [3.05, 3.63) is 109 Å². The maximum absolute atomic E-state index is 13.1. The smallest absolute Gasteiger partial charge is 0.270 e. The van der Waals surface area contributed by atoms with Crippen molar-refractivity contribution in [2.45, 2.75) is 25.4 Å². The number of amidine groups is 1. The average Bonchev–Trinajstić information content (AvgIpc) is 3.63. The van der Waals surface area contributed by atoms with Crippen LogP contribution < -0.4 is 44.3 Å². The molecule has 0 radical (unpaired) electrons. The number of aryl methyl sites for hydroxylation is 1. The highest BCUT2D eigenvalue weighted by molar-refractivity contribution is 5.99. The average molecular weight is 580 g/mol. The van der Waals surface area contributed by atoms with Crippen LogP contribution in [0.15, 0.2) is 69.7 Å². The van der Waals surface area contributed by atoms with E-state index in [2.05, 4.69) is 36.2 Å². The fourth-order valence-electron chi connectivity index (χ4n) is 5.18. The molecule has 2 aromatic heterocycles. The van der Waals surface area contributed by atoms with Crippen LogP contribution in [0.1, 0.15) is 55.7 Å². The summed E-state index contributed by atoms with van der Waals surface area (Å²) < 4.78 is 1.32. The second kappa shape index (κ2) is 10.8. The van der Waals surface area contributed by atoms with Crippen molar-refractivity contribution in [1.82, 2.24) is 35.8 Å². The van der Waals surface area contributed by atoms with Crippen molar-refractivity contribution < 1.29 is 9.59 Å². The van der Waals surface area contributed by atoms with Crippen molar-refractivity contribution in [3.8, 4) is 5.69 Å². The normalized spacial score (nSPS) is 14.5. The van der Waals surface area contributed by atoms with E-state index in [9.17, 15) is 19.2 Å². The number of nitrogens with one attached hydrogen (secondary N) is 3. The van der Waals surface area contributed by atoms with E-state index in [1.54, 1.807) is 24.4 Å². The zero-order chi connectivity index (χ0) is 30.2. The molecule has 5 aromatic rings. The molecular formula is C28H25N11O4. The number of nitrogens with zero attached hydrogens (tertiary/aromatic N) is 5. The van der Waals surface area contributed by atoms with Crippen molar-refractivity contribution >= 4 is 34.2 Å². The standard InChI is InChI=1S/C28H25N11O4/c29-22-23(25(41)24(22)40)39-21-7-13(1-2-16(21)11-35-39)10-32-27(42)19-9-20(34-12-33-19)28(43)36-18-6-4-14-8-15(3-5-17(14)18)26(37-30)38-31/h1-3,5,7-9,11-12,18H,4,6,10,29-31H2,(H,32,42)(H,36,43)(H,37,38). The van der Waals surface area contributed by atoms with E-state index in [4.69, 9.17) is 17.4 Å². The molecule has 0 bridgehead atoms. The van der Waals surface area contributed by atoms with Crippen molar-refractivity contribution in [2.24, 2.45) is 16.8 Å². The van der Waals surface area contributed by atoms with Crippen LogP contribution in [-0.2, 0) is 13.0 Å². The van der Waals surface area contributed by atoms with Gasteiger partial charge in [-0.2, -0.15) is 10.2 Å². The number of hydrazone groups is 1. The van der Waals surface area contributed by atoms with Gasteiger partial charge in [0.25, 0.3) is 22.7 Å². The molecule has 9 N–H and O–H groups in total. The highest BCUT2D eigenvalue weighted by atomic mass is 16.2. The fourth-order valence-corrected chi connectivity index (χ4v) is 5.18. The Morgan fingerprint density at radius 1 is 1.02 bits per heavy atom. The minimum Gasteiger partial charge on any atom is -0.394 e. The van der Waals surface area contributed by atoms with E-state index in [-0.39, 0.29) is 35.3 Å². The number of amides is 2. The largest absolute Gasteiger partial charge is 0.394 e. The summed E-state index contributed by atoms with van der Waals surface area (Å²) in [7, 11) is 0. The maximum atomic E-state index is 13.1. The topological polar surface area (TPSA) is 238 Å². The van der Waals surface area contributed by atoms with Gasteiger partial charge in [0.1, 0.15) is 29.1 Å². The van der Waals surface area contributed by atoms with E-state index in [0.29, 0.717) is 23.3 Å². The van der Waals surface area contributed by atoms with Crippen LogP contribution in [0.25, 0.3) is 16.6 Å². The number of hydrazine groups is 1. The van der Waals surface area contributed by atoms with Crippen LogP contribution in [0.2, 0.25) is 0 Å². The third-order valence-electron chi connectivity index (χ3n) is 7.42.